The Balaban J connectivity index is 1.91. The largest absolute Gasteiger partial charge is 0.377 e. The lowest BCUT2D eigenvalue weighted by Gasteiger charge is -2.37. The number of carbonyl (C=O) groups is 2. The van der Waals surface area contributed by atoms with Gasteiger partial charge >= 0.3 is 0 Å². The second kappa shape index (κ2) is 8.25. The van der Waals surface area contributed by atoms with E-state index < -0.39 is 0 Å². The standard InChI is InChI=1S/C21H24N2O3/c1-22(2)14-17-15-26-13-12-23(17)21(25)19-11-7-6-10-18(19)20(24)16-8-4-3-5-9-16/h3-11,17H,12-15H2,1-2H3/t17-/m0/s1. The fourth-order valence-corrected chi connectivity index (χ4v) is 3.26. The highest BCUT2D eigenvalue weighted by Crippen LogP contribution is 2.19. The average Bonchev–Trinajstić information content (AvgIpc) is 2.67. The van der Waals surface area contributed by atoms with Crippen LogP contribution in [0.1, 0.15) is 26.3 Å². The number of carbonyl (C=O) groups excluding carboxylic acids is 2. The van der Waals surface area contributed by atoms with E-state index in [2.05, 4.69) is 0 Å². The molecule has 1 aliphatic heterocycles. The number of rotatable bonds is 5. The molecular formula is C21H24N2O3. The van der Waals surface area contributed by atoms with Crippen molar-refractivity contribution < 1.29 is 14.3 Å². The van der Waals surface area contributed by atoms with Gasteiger partial charge in [-0.05, 0) is 20.2 Å². The molecule has 26 heavy (non-hydrogen) atoms. The Bertz CT molecular complexity index is 774. The van der Waals surface area contributed by atoms with Gasteiger partial charge < -0.3 is 14.5 Å². The van der Waals surface area contributed by atoms with Crippen LogP contribution in [0.2, 0.25) is 0 Å². The van der Waals surface area contributed by atoms with Crippen molar-refractivity contribution in [2.75, 3.05) is 40.4 Å². The molecule has 0 aliphatic carbocycles. The summed E-state index contributed by atoms with van der Waals surface area (Å²) in [6.45, 7) is 2.29. The molecule has 1 saturated heterocycles. The van der Waals surface area contributed by atoms with E-state index in [1.54, 1.807) is 36.4 Å². The number of ketones is 1. The van der Waals surface area contributed by atoms with E-state index in [0.29, 0.717) is 36.4 Å². The lowest BCUT2D eigenvalue weighted by molar-refractivity contribution is -0.00835. The van der Waals surface area contributed by atoms with Crippen LogP contribution in [-0.2, 0) is 4.74 Å². The highest BCUT2D eigenvalue weighted by atomic mass is 16.5. The van der Waals surface area contributed by atoms with Crippen LogP contribution >= 0.6 is 0 Å². The zero-order valence-electron chi connectivity index (χ0n) is 15.2. The topological polar surface area (TPSA) is 49.9 Å². The lowest BCUT2D eigenvalue weighted by atomic mass is 9.97. The van der Waals surface area contributed by atoms with Gasteiger partial charge in [-0.2, -0.15) is 0 Å². The smallest absolute Gasteiger partial charge is 0.255 e. The van der Waals surface area contributed by atoms with E-state index >= 15 is 0 Å². The molecule has 5 heteroatoms. The minimum Gasteiger partial charge on any atom is -0.377 e. The van der Waals surface area contributed by atoms with Crippen molar-refractivity contribution >= 4 is 11.7 Å². The monoisotopic (exact) mass is 352 g/mol. The van der Waals surface area contributed by atoms with Crippen LogP contribution in [0.25, 0.3) is 0 Å². The maximum Gasteiger partial charge on any atom is 0.255 e. The van der Waals surface area contributed by atoms with Gasteiger partial charge in [-0.15, -0.1) is 0 Å². The minimum atomic E-state index is -0.132. The third kappa shape index (κ3) is 4.00. The van der Waals surface area contributed by atoms with Crippen LogP contribution in [-0.4, -0.2) is 67.9 Å². The van der Waals surface area contributed by atoms with E-state index in [-0.39, 0.29) is 17.7 Å². The van der Waals surface area contributed by atoms with Crippen LogP contribution in [0, 0.1) is 0 Å². The second-order valence-electron chi connectivity index (χ2n) is 6.73. The first-order chi connectivity index (χ1) is 12.6. The molecule has 2 aromatic carbocycles. The predicted octanol–water partition coefficient (Wildman–Crippen LogP) is 2.32. The van der Waals surface area contributed by atoms with Crippen molar-refractivity contribution in [2.45, 2.75) is 6.04 Å². The molecule has 136 valence electrons. The lowest BCUT2D eigenvalue weighted by Crippen LogP contribution is -2.52. The Hall–Kier alpha value is -2.50. The maximum atomic E-state index is 13.2. The van der Waals surface area contributed by atoms with E-state index in [1.807, 2.05) is 42.1 Å². The van der Waals surface area contributed by atoms with E-state index in [4.69, 9.17) is 4.74 Å². The number of likely N-dealkylation sites (N-methyl/N-ethyl adjacent to an activating group) is 1. The molecule has 5 nitrogen and oxygen atoms in total. The number of nitrogens with zero attached hydrogens (tertiary/aromatic N) is 2. The summed E-state index contributed by atoms with van der Waals surface area (Å²) in [5.41, 5.74) is 1.48. The molecule has 2 aromatic rings. The van der Waals surface area contributed by atoms with Gasteiger partial charge in [0.25, 0.3) is 5.91 Å². The molecule has 0 bridgehead atoms. The van der Waals surface area contributed by atoms with Gasteiger partial charge in [-0.3, -0.25) is 9.59 Å². The summed E-state index contributed by atoms with van der Waals surface area (Å²) in [6.07, 6.45) is 0. The molecule has 3 rings (SSSR count). The van der Waals surface area contributed by atoms with Gasteiger partial charge in [-0.25, -0.2) is 0 Å². The minimum absolute atomic E-state index is 0.0221. The first kappa shape index (κ1) is 18.3. The van der Waals surface area contributed by atoms with Gasteiger partial charge in [0.05, 0.1) is 24.8 Å². The molecular weight excluding hydrogens is 328 g/mol. The maximum absolute atomic E-state index is 13.2. The summed E-state index contributed by atoms with van der Waals surface area (Å²) >= 11 is 0. The molecule has 1 amide bonds. The van der Waals surface area contributed by atoms with Gasteiger partial charge in [-0.1, -0.05) is 48.5 Å². The summed E-state index contributed by atoms with van der Waals surface area (Å²) in [4.78, 5) is 30.0. The van der Waals surface area contributed by atoms with Gasteiger partial charge in [0.1, 0.15) is 0 Å². The number of ether oxygens (including phenoxy) is 1. The van der Waals surface area contributed by atoms with Crippen LogP contribution in [0.15, 0.2) is 54.6 Å². The molecule has 1 atom stereocenters. The van der Waals surface area contributed by atoms with E-state index in [0.717, 1.165) is 6.54 Å². The Morgan fingerprint density at radius 3 is 2.38 bits per heavy atom. The highest BCUT2D eigenvalue weighted by molar-refractivity contribution is 6.15. The fraction of sp³-hybridized carbons (Fsp3) is 0.333. The summed E-state index contributed by atoms with van der Waals surface area (Å²) in [6, 6.07) is 16.1. The van der Waals surface area contributed by atoms with Crippen molar-refractivity contribution in [1.82, 2.24) is 9.80 Å². The van der Waals surface area contributed by atoms with Gasteiger partial charge in [0.2, 0.25) is 0 Å². The van der Waals surface area contributed by atoms with Gasteiger partial charge in [0.15, 0.2) is 5.78 Å². The number of amides is 1. The Labute approximate surface area is 154 Å². The van der Waals surface area contributed by atoms with Crippen molar-refractivity contribution in [2.24, 2.45) is 0 Å². The molecule has 1 heterocycles. The fourth-order valence-electron chi connectivity index (χ4n) is 3.26. The molecule has 1 aliphatic rings. The summed E-state index contributed by atoms with van der Waals surface area (Å²) in [5.74, 6) is -0.244. The average molecular weight is 352 g/mol. The Kier molecular flexibility index (Phi) is 5.81. The van der Waals surface area contributed by atoms with Gasteiger partial charge in [0, 0.05) is 24.2 Å². The number of hydrogen-bond donors (Lipinski definition) is 0. The molecule has 0 spiro atoms. The van der Waals surface area contributed by atoms with Crippen LogP contribution < -0.4 is 0 Å². The zero-order chi connectivity index (χ0) is 18.5. The number of hydrogen-bond acceptors (Lipinski definition) is 4. The van der Waals surface area contributed by atoms with E-state index in [9.17, 15) is 9.59 Å². The quantitative estimate of drug-likeness (QED) is 0.775. The van der Waals surface area contributed by atoms with Crippen LogP contribution in [0.3, 0.4) is 0 Å². The summed E-state index contributed by atoms with van der Waals surface area (Å²) in [5, 5.41) is 0. The van der Waals surface area contributed by atoms with Crippen LogP contribution in [0.4, 0.5) is 0 Å². The molecule has 0 radical (unpaired) electrons. The first-order valence-corrected chi connectivity index (χ1v) is 8.80. The van der Waals surface area contributed by atoms with Crippen molar-refractivity contribution in [3.05, 3.63) is 71.3 Å². The van der Waals surface area contributed by atoms with Crippen molar-refractivity contribution in [3.63, 3.8) is 0 Å². The third-order valence-electron chi connectivity index (χ3n) is 4.50. The zero-order valence-corrected chi connectivity index (χ0v) is 15.2. The van der Waals surface area contributed by atoms with Crippen LogP contribution in [0.5, 0.6) is 0 Å². The first-order valence-electron chi connectivity index (χ1n) is 8.80. The molecule has 0 saturated carbocycles. The molecule has 0 unspecified atom stereocenters. The predicted molar refractivity (Wildman–Crippen MR) is 101 cm³/mol. The normalized spacial score (nSPS) is 17.3. The summed E-state index contributed by atoms with van der Waals surface area (Å²) in [7, 11) is 3.95. The van der Waals surface area contributed by atoms with Crippen molar-refractivity contribution in [3.8, 4) is 0 Å². The second-order valence-corrected chi connectivity index (χ2v) is 6.73. The third-order valence-corrected chi connectivity index (χ3v) is 4.50. The molecule has 0 aromatic heterocycles. The van der Waals surface area contributed by atoms with Crippen molar-refractivity contribution in [1.29, 1.82) is 0 Å². The Morgan fingerprint density at radius 2 is 1.69 bits per heavy atom. The summed E-state index contributed by atoms with van der Waals surface area (Å²) < 4.78 is 5.56. The van der Waals surface area contributed by atoms with E-state index in [1.165, 1.54) is 0 Å². The molecule has 0 N–H and O–H groups in total. The molecule has 1 fully saturated rings. The number of morpholine rings is 1. The Morgan fingerprint density at radius 1 is 1.04 bits per heavy atom. The number of benzene rings is 2. The highest BCUT2D eigenvalue weighted by Gasteiger charge is 2.30. The SMILES string of the molecule is CN(C)C[C@H]1COCCN1C(=O)c1ccccc1C(=O)c1ccccc1.